The second kappa shape index (κ2) is 8.92. The minimum atomic E-state index is -0.0694. The molecule has 2 aromatic rings. The largest absolute Gasteiger partial charge is 0.497 e. The van der Waals surface area contributed by atoms with Gasteiger partial charge in [0.25, 0.3) is 5.91 Å². The first-order valence-electron chi connectivity index (χ1n) is 8.28. The van der Waals surface area contributed by atoms with Gasteiger partial charge < -0.3 is 14.2 Å². The molecule has 0 aliphatic carbocycles. The van der Waals surface area contributed by atoms with Crippen LogP contribution in [0, 0.1) is 0 Å². The topological polar surface area (TPSA) is 48.0 Å². The zero-order chi connectivity index (χ0) is 19.2. The lowest BCUT2D eigenvalue weighted by Crippen LogP contribution is -2.22. The fourth-order valence-electron chi connectivity index (χ4n) is 2.37. The number of methoxy groups -OCH3 is 1. The highest BCUT2D eigenvalue weighted by molar-refractivity contribution is 8.26. The van der Waals surface area contributed by atoms with E-state index in [2.05, 4.69) is 0 Å². The molecule has 0 aromatic heterocycles. The SMILES string of the molecule is COc1cccc(OCCOc2ccc(/C=C3\SC(=S)N(C)C3=O)cc2)c1. The molecule has 140 valence electrons. The Labute approximate surface area is 167 Å². The normalized spacial score (nSPS) is 15.3. The van der Waals surface area contributed by atoms with E-state index in [1.165, 1.54) is 16.7 Å². The maximum absolute atomic E-state index is 12.0. The molecule has 0 atom stereocenters. The van der Waals surface area contributed by atoms with E-state index in [9.17, 15) is 4.79 Å². The second-order valence-corrected chi connectivity index (χ2v) is 7.36. The Morgan fingerprint density at radius 1 is 1.04 bits per heavy atom. The van der Waals surface area contributed by atoms with Crippen LogP contribution in [0.2, 0.25) is 0 Å². The molecule has 0 bridgehead atoms. The second-order valence-electron chi connectivity index (χ2n) is 5.69. The van der Waals surface area contributed by atoms with Crippen LogP contribution in [0.1, 0.15) is 5.56 Å². The standard InChI is InChI=1S/C20H19NO4S2/c1-21-19(22)18(27-20(21)26)12-14-6-8-15(9-7-14)24-10-11-25-17-5-3-4-16(13-17)23-2/h3-9,12-13H,10-11H2,1-2H3/b18-12-. The Hall–Kier alpha value is -2.51. The molecule has 0 spiro atoms. The van der Waals surface area contributed by atoms with Crippen LogP contribution in [0.3, 0.4) is 0 Å². The van der Waals surface area contributed by atoms with Crippen LogP contribution in [0.15, 0.2) is 53.4 Å². The zero-order valence-corrected chi connectivity index (χ0v) is 16.6. The highest BCUT2D eigenvalue weighted by atomic mass is 32.2. The van der Waals surface area contributed by atoms with Gasteiger partial charge in [-0.2, -0.15) is 0 Å². The van der Waals surface area contributed by atoms with Crippen molar-refractivity contribution in [1.82, 2.24) is 4.90 Å². The summed E-state index contributed by atoms with van der Waals surface area (Å²) in [6.45, 7) is 0.846. The summed E-state index contributed by atoms with van der Waals surface area (Å²) >= 11 is 6.44. The van der Waals surface area contributed by atoms with Gasteiger partial charge in [-0.25, -0.2) is 0 Å². The number of nitrogens with zero attached hydrogens (tertiary/aromatic N) is 1. The molecule has 0 N–H and O–H groups in total. The number of thioether (sulfide) groups is 1. The molecular weight excluding hydrogens is 382 g/mol. The van der Waals surface area contributed by atoms with Crippen LogP contribution < -0.4 is 14.2 Å². The lowest BCUT2D eigenvalue weighted by atomic mass is 10.2. The molecule has 7 heteroatoms. The molecule has 3 rings (SSSR count). The molecule has 0 unspecified atom stereocenters. The molecule has 0 saturated carbocycles. The van der Waals surface area contributed by atoms with Crippen molar-refractivity contribution in [2.45, 2.75) is 0 Å². The van der Waals surface area contributed by atoms with Gasteiger partial charge in [0.15, 0.2) is 0 Å². The zero-order valence-electron chi connectivity index (χ0n) is 15.0. The molecule has 27 heavy (non-hydrogen) atoms. The van der Waals surface area contributed by atoms with Gasteiger partial charge in [0.2, 0.25) is 0 Å². The van der Waals surface area contributed by atoms with Crippen LogP contribution in [-0.4, -0.2) is 42.5 Å². The number of thiocarbonyl (C=S) groups is 1. The Bertz CT molecular complexity index is 865. The molecule has 0 radical (unpaired) electrons. The van der Waals surface area contributed by atoms with Crippen LogP contribution in [0.25, 0.3) is 6.08 Å². The third-order valence-electron chi connectivity index (χ3n) is 3.83. The lowest BCUT2D eigenvalue weighted by molar-refractivity contribution is -0.121. The van der Waals surface area contributed by atoms with Gasteiger partial charge in [0.1, 0.15) is 34.8 Å². The van der Waals surface area contributed by atoms with Crippen molar-refractivity contribution in [1.29, 1.82) is 0 Å². The third-order valence-corrected chi connectivity index (χ3v) is 5.31. The number of amides is 1. The number of rotatable bonds is 7. The molecule has 1 fully saturated rings. The smallest absolute Gasteiger partial charge is 0.265 e. The average molecular weight is 402 g/mol. The van der Waals surface area contributed by atoms with Gasteiger partial charge >= 0.3 is 0 Å². The van der Waals surface area contributed by atoms with Gasteiger partial charge in [-0.1, -0.05) is 42.2 Å². The van der Waals surface area contributed by atoms with Crippen molar-refractivity contribution in [2.24, 2.45) is 0 Å². The molecule has 1 aliphatic heterocycles. The van der Waals surface area contributed by atoms with E-state index in [0.29, 0.717) is 22.4 Å². The van der Waals surface area contributed by atoms with Gasteiger partial charge in [-0.3, -0.25) is 9.69 Å². The molecular formula is C20H19NO4S2. The van der Waals surface area contributed by atoms with Crippen molar-refractivity contribution < 1.29 is 19.0 Å². The van der Waals surface area contributed by atoms with E-state index >= 15 is 0 Å². The summed E-state index contributed by atoms with van der Waals surface area (Å²) < 4.78 is 17.1. The van der Waals surface area contributed by atoms with E-state index in [-0.39, 0.29) is 5.91 Å². The first kappa shape index (κ1) is 19.3. The van der Waals surface area contributed by atoms with E-state index in [0.717, 1.165) is 22.8 Å². The van der Waals surface area contributed by atoms with Crippen LogP contribution >= 0.6 is 24.0 Å². The quantitative estimate of drug-likeness (QED) is 0.397. The summed E-state index contributed by atoms with van der Waals surface area (Å²) in [5, 5.41) is 0. The van der Waals surface area contributed by atoms with Gasteiger partial charge in [-0.15, -0.1) is 0 Å². The van der Waals surface area contributed by atoms with Gasteiger partial charge in [-0.05, 0) is 35.9 Å². The Kier molecular flexibility index (Phi) is 6.36. The number of benzene rings is 2. The minimum Gasteiger partial charge on any atom is -0.497 e. The Morgan fingerprint density at radius 3 is 2.33 bits per heavy atom. The van der Waals surface area contributed by atoms with E-state index < -0.39 is 0 Å². The summed E-state index contributed by atoms with van der Waals surface area (Å²) in [5.74, 6) is 2.16. The fraction of sp³-hybridized carbons (Fsp3) is 0.200. The van der Waals surface area contributed by atoms with Crippen LogP contribution in [0.4, 0.5) is 0 Å². The molecule has 5 nitrogen and oxygen atoms in total. The van der Waals surface area contributed by atoms with E-state index in [1.807, 2.05) is 54.6 Å². The average Bonchev–Trinajstić information content (AvgIpc) is 2.93. The molecule has 1 amide bonds. The van der Waals surface area contributed by atoms with Crippen LogP contribution in [-0.2, 0) is 4.79 Å². The van der Waals surface area contributed by atoms with E-state index in [4.69, 9.17) is 26.4 Å². The van der Waals surface area contributed by atoms with Crippen LogP contribution in [0.5, 0.6) is 17.2 Å². The monoisotopic (exact) mass is 401 g/mol. The summed E-state index contributed by atoms with van der Waals surface area (Å²) in [5.41, 5.74) is 0.920. The highest BCUT2D eigenvalue weighted by Gasteiger charge is 2.28. The predicted octanol–water partition coefficient (Wildman–Crippen LogP) is 3.98. The molecule has 1 saturated heterocycles. The summed E-state index contributed by atoms with van der Waals surface area (Å²) in [6, 6.07) is 15.0. The van der Waals surface area contributed by atoms with E-state index in [1.54, 1.807) is 14.2 Å². The molecule has 2 aromatic carbocycles. The minimum absolute atomic E-state index is 0.0694. The Balaban J connectivity index is 1.49. The number of hydrogen-bond acceptors (Lipinski definition) is 6. The van der Waals surface area contributed by atoms with Crippen molar-refractivity contribution in [2.75, 3.05) is 27.4 Å². The van der Waals surface area contributed by atoms with Crippen molar-refractivity contribution in [3.63, 3.8) is 0 Å². The fourth-order valence-corrected chi connectivity index (χ4v) is 3.55. The van der Waals surface area contributed by atoms with Crippen molar-refractivity contribution in [3.8, 4) is 17.2 Å². The summed E-state index contributed by atoms with van der Waals surface area (Å²) in [4.78, 5) is 14.1. The maximum Gasteiger partial charge on any atom is 0.265 e. The third kappa shape index (κ3) is 5.02. The number of hydrogen-bond donors (Lipinski definition) is 0. The molecule has 1 heterocycles. The number of carbonyl (C=O) groups excluding carboxylic acids is 1. The van der Waals surface area contributed by atoms with Crippen molar-refractivity contribution >= 4 is 40.3 Å². The van der Waals surface area contributed by atoms with Crippen molar-refractivity contribution in [3.05, 3.63) is 59.0 Å². The summed E-state index contributed by atoms with van der Waals surface area (Å²) in [6.07, 6.45) is 1.83. The lowest BCUT2D eigenvalue weighted by Gasteiger charge is -2.09. The number of carbonyl (C=O) groups is 1. The Morgan fingerprint density at radius 2 is 1.70 bits per heavy atom. The first-order chi connectivity index (χ1) is 13.1. The number of likely N-dealkylation sites (N-methyl/N-ethyl adjacent to an activating group) is 1. The van der Waals surface area contributed by atoms with Gasteiger partial charge in [0.05, 0.1) is 12.0 Å². The highest BCUT2D eigenvalue weighted by Crippen LogP contribution is 2.31. The number of ether oxygens (including phenoxy) is 3. The van der Waals surface area contributed by atoms with Gasteiger partial charge in [0, 0.05) is 13.1 Å². The first-order valence-corrected chi connectivity index (χ1v) is 9.50. The maximum atomic E-state index is 12.0. The molecule has 1 aliphatic rings. The predicted molar refractivity (Wildman–Crippen MR) is 111 cm³/mol. The summed E-state index contributed by atoms with van der Waals surface area (Å²) in [7, 11) is 3.30.